The molecule has 1 aliphatic heterocycles. The Morgan fingerprint density at radius 2 is 2.38 bits per heavy atom. The van der Waals surface area contributed by atoms with Crippen molar-refractivity contribution >= 4 is 17.3 Å². The van der Waals surface area contributed by atoms with Crippen molar-refractivity contribution in [1.82, 2.24) is 0 Å². The first-order valence-corrected chi connectivity index (χ1v) is 4.84. The van der Waals surface area contributed by atoms with Crippen LogP contribution < -0.4 is 5.01 Å². The maximum atomic E-state index is 13.0. The van der Waals surface area contributed by atoms with Gasteiger partial charge >= 0.3 is 0 Å². The number of rotatable bonds is 3. The maximum Gasteiger partial charge on any atom is 0.253 e. The van der Waals surface area contributed by atoms with Crippen LogP contribution in [0.15, 0.2) is 29.4 Å². The first-order valence-electron chi connectivity index (χ1n) is 4.84. The Morgan fingerprint density at radius 3 is 3.06 bits per heavy atom. The van der Waals surface area contributed by atoms with Gasteiger partial charge < -0.3 is 4.74 Å². The highest BCUT2D eigenvalue weighted by atomic mass is 19.1. The molecule has 0 atom stereocenters. The molecule has 0 spiro atoms. The lowest BCUT2D eigenvalue weighted by Crippen LogP contribution is -2.19. The van der Waals surface area contributed by atoms with E-state index in [1.807, 2.05) is 0 Å². The van der Waals surface area contributed by atoms with Gasteiger partial charge in [0.25, 0.3) is 5.91 Å². The average Bonchev–Trinajstić information content (AvgIpc) is 2.60. The predicted octanol–water partition coefficient (Wildman–Crippen LogP) is 1.56. The van der Waals surface area contributed by atoms with Crippen LogP contribution in [0, 0.1) is 5.82 Å². The number of amides is 1. The molecule has 0 bridgehead atoms. The van der Waals surface area contributed by atoms with Crippen molar-refractivity contribution in [2.24, 2.45) is 5.10 Å². The summed E-state index contributed by atoms with van der Waals surface area (Å²) >= 11 is 0. The number of benzene rings is 1. The minimum atomic E-state index is -0.388. The van der Waals surface area contributed by atoms with E-state index in [2.05, 4.69) is 5.10 Å². The number of halogens is 1. The van der Waals surface area contributed by atoms with E-state index < -0.39 is 0 Å². The van der Waals surface area contributed by atoms with Gasteiger partial charge in [0.05, 0.1) is 24.4 Å². The standard InChI is InChI=1S/C11H11FN2O2/c1-16-7-9-6-11(15)14(13-9)10-4-2-3-8(12)5-10/h2-5H,6-7H2,1H3. The Labute approximate surface area is 92.3 Å². The molecule has 0 saturated heterocycles. The van der Waals surface area contributed by atoms with E-state index in [1.165, 1.54) is 24.3 Å². The summed E-state index contributed by atoms with van der Waals surface area (Å²) in [6, 6.07) is 5.78. The van der Waals surface area contributed by atoms with E-state index in [1.54, 1.807) is 12.1 Å². The second-order valence-corrected chi connectivity index (χ2v) is 3.46. The fourth-order valence-corrected chi connectivity index (χ4v) is 1.54. The molecule has 0 radical (unpaired) electrons. The number of ether oxygens (including phenoxy) is 1. The highest BCUT2D eigenvalue weighted by molar-refractivity contribution is 6.13. The zero-order chi connectivity index (χ0) is 11.5. The van der Waals surface area contributed by atoms with Crippen LogP contribution in [0.4, 0.5) is 10.1 Å². The third kappa shape index (κ3) is 2.09. The van der Waals surface area contributed by atoms with Crippen LogP contribution in [-0.4, -0.2) is 25.3 Å². The molecule has 0 aromatic heterocycles. The van der Waals surface area contributed by atoms with Crippen molar-refractivity contribution in [3.8, 4) is 0 Å². The zero-order valence-corrected chi connectivity index (χ0v) is 8.81. The smallest absolute Gasteiger partial charge is 0.253 e. The van der Waals surface area contributed by atoms with Crippen LogP contribution in [0.3, 0.4) is 0 Å². The molecule has 1 amide bonds. The van der Waals surface area contributed by atoms with Crippen LogP contribution >= 0.6 is 0 Å². The maximum absolute atomic E-state index is 13.0. The predicted molar refractivity (Wildman–Crippen MR) is 57.8 cm³/mol. The summed E-state index contributed by atoms with van der Waals surface area (Å²) in [4.78, 5) is 11.6. The van der Waals surface area contributed by atoms with Gasteiger partial charge in [-0.15, -0.1) is 0 Å². The number of carbonyl (C=O) groups is 1. The Bertz CT molecular complexity index is 445. The van der Waals surface area contributed by atoms with Gasteiger partial charge in [-0.1, -0.05) is 6.07 Å². The number of hydrogen-bond acceptors (Lipinski definition) is 3. The molecule has 0 unspecified atom stereocenters. The van der Waals surface area contributed by atoms with E-state index in [4.69, 9.17) is 4.74 Å². The lowest BCUT2D eigenvalue weighted by atomic mass is 10.2. The third-order valence-corrected chi connectivity index (χ3v) is 2.20. The monoisotopic (exact) mass is 222 g/mol. The minimum Gasteiger partial charge on any atom is -0.379 e. The number of anilines is 1. The van der Waals surface area contributed by atoms with Crippen LogP contribution in [-0.2, 0) is 9.53 Å². The van der Waals surface area contributed by atoms with E-state index >= 15 is 0 Å². The van der Waals surface area contributed by atoms with E-state index in [0.717, 1.165) is 0 Å². The summed E-state index contributed by atoms with van der Waals surface area (Å²) < 4.78 is 17.9. The molecule has 1 heterocycles. The molecule has 0 aliphatic carbocycles. The molecule has 0 saturated carbocycles. The summed E-state index contributed by atoms with van der Waals surface area (Å²) in [5, 5.41) is 5.28. The first-order chi connectivity index (χ1) is 7.70. The summed E-state index contributed by atoms with van der Waals surface area (Å²) in [5.41, 5.74) is 1.09. The summed E-state index contributed by atoms with van der Waals surface area (Å²) in [6.45, 7) is 0.317. The number of carbonyl (C=O) groups excluding carboxylic acids is 1. The highest BCUT2D eigenvalue weighted by Crippen LogP contribution is 2.21. The first kappa shape index (κ1) is 10.8. The quantitative estimate of drug-likeness (QED) is 0.778. The van der Waals surface area contributed by atoms with E-state index in [0.29, 0.717) is 18.0 Å². The molecule has 5 heteroatoms. The van der Waals surface area contributed by atoms with Gasteiger partial charge in [-0.05, 0) is 18.2 Å². The lowest BCUT2D eigenvalue weighted by Gasteiger charge is -2.10. The van der Waals surface area contributed by atoms with Crippen LogP contribution in [0.25, 0.3) is 0 Å². The topological polar surface area (TPSA) is 41.9 Å². The molecular formula is C11H11FN2O2. The molecule has 16 heavy (non-hydrogen) atoms. The van der Waals surface area contributed by atoms with Gasteiger partial charge in [-0.3, -0.25) is 4.79 Å². The number of hydrogen-bond donors (Lipinski definition) is 0. The fourth-order valence-electron chi connectivity index (χ4n) is 1.54. The van der Waals surface area contributed by atoms with E-state index in [9.17, 15) is 9.18 Å². The molecule has 4 nitrogen and oxygen atoms in total. The van der Waals surface area contributed by atoms with Crippen molar-refractivity contribution < 1.29 is 13.9 Å². The van der Waals surface area contributed by atoms with E-state index in [-0.39, 0.29) is 18.1 Å². The van der Waals surface area contributed by atoms with Crippen molar-refractivity contribution in [3.05, 3.63) is 30.1 Å². The lowest BCUT2D eigenvalue weighted by molar-refractivity contribution is -0.116. The average molecular weight is 222 g/mol. The van der Waals surface area contributed by atoms with Crippen molar-refractivity contribution in [3.63, 3.8) is 0 Å². The van der Waals surface area contributed by atoms with Gasteiger partial charge in [0, 0.05) is 7.11 Å². The van der Waals surface area contributed by atoms with Crippen molar-refractivity contribution in [2.45, 2.75) is 6.42 Å². The summed E-state index contributed by atoms with van der Waals surface area (Å²) in [7, 11) is 1.54. The van der Waals surface area contributed by atoms with Crippen LogP contribution in [0.5, 0.6) is 0 Å². The largest absolute Gasteiger partial charge is 0.379 e. The number of hydrazone groups is 1. The van der Waals surface area contributed by atoms with Gasteiger partial charge in [0.1, 0.15) is 5.82 Å². The van der Waals surface area contributed by atoms with Crippen LogP contribution in [0.2, 0.25) is 0 Å². The second kappa shape index (κ2) is 4.40. The van der Waals surface area contributed by atoms with Crippen molar-refractivity contribution in [1.29, 1.82) is 0 Å². The molecule has 1 aliphatic rings. The third-order valence-electron chi connectivity index (χ3n) is 2.20. The highest BCUT2D eigenvalue weighted by Gasteiger charge is 2.24. The molecule has 1 aromatic carbocycles. The normalized spacial score (nSPS) is 15.5. The molecular weight excluding hydrogens is 211 g/mol. The molecule has 1 aromatic rings. The molecule has 84 valence electrons. The number of methoxy groups -OCH3 is 1. The molecule has 0 fully saturated rings. The zero-order valence-electron chi connectivity index (χ0n) is 8.81. The van der Waals surface area contributed by atoms with Crippen LogP contribution in [0.1, 0.15) is 6.42 Å². The SMILES string of the molecule is COCC1=NN(c2cccc(F)c2)C(=O)C1. The Balaban J connectivity index is 2.24. The fraction of sp³-hybridized carbons (Fsp3) is 0.273. The molecule has 2 rings (SSSR count). The second-order valence-electron chi connectivity index (χ2n) is 3.46. The van der Waals surface area contributed by atoms with Gasteiger partial charge in [0.15, 0.2) is 0 Å². The molecule has 0 N–H and O–H groups in total. The summed E-state index contributed by atoms with van der Waals surface area (Å²) in [6.07, 6.45) is 0.227. The van der Waals surface area contributed by atoms with Crippen molar-refractivity contribution in [2.75, 3.05) is 18.7 Å². The van der Waals surface area contributed by atoms with Gasteiger partial charge in [-0.25, -0.2) is 9.40 Å². The Morgan fingerprint density at radius 1 is 1.56 bits per heavy atom. The Hall–Kier alpha value is -1.75. The Kier molecular flexibility index (Phi) is 2.96. The minimum absolute atomic E-state index is 0.169. The van der Waals surface area contributed by atoms with Gasteiger partial charge in [-0.2, -0.15) is 5.10 Å². The number of nitrogens with zero attached hydrogens (tertiary/aromatic N) is 2. The van der Waals surface area contributed by atoms with Gasteiger partial charge in [0.2, 0.25) is 0 Å². The summed E-state index contributed by atoms with van der Waals surface area (Å²) in [5.74, 6) is -0.557.